The van der Waals surface area contributed by atoms with Gasteiger partial charge in [0.15, 0.2) is 15.1 Å². The number of aromatic nitrogens is 1. The first-order valence-corrected chi connectivity index (χ1v) is 13.1. The highest BCUT2D eigenvalue weighted by Gasteiger charge is 2.37. The molecule has 3 aromatic rings. The van der Waals surface area contributed by atoms with Crippen LogP contribution < -0.4 is 5.32 Å². The Morgan fingerprint density at radius 3 is 2.50 bits per heavy atom. The maximum absolute atomic E-state index is 13.0. The van der Waals surface area contributed by atoms with E-state index in [0.717, 1.165) is 11.1 Å². The minimum absolute atomic E-state index is 0.0502. The smallest absolute Gasteiger partial charge is 0.324 e. The molecule has 0 spiro atoms. The standard InChI is InChI=1S/C24H24Cl2N2O5S/c1-13-11-18-17(22(26)21(13)25)12-19(28(18)3)23(29)27-14(2)15-6-8-16(9-7-15)34(31,32)20-5-4-10-33-24(20)30/h6-9,11-12,14,20H,4-5,10H2,1-3H3,(H,27,29)/t14-,20?/m1/s1. The molecule has 2 aromatic carbocycles. The molecule has 180 valence electrons. The molecule has 1 aliphatic rings. The normalized spacial score (nSPS) is 17.4. The molecule has 1 N–H and O–H groups in total. The van der Waals surface area contributed by atoms with Crippen LogP contribution in [0.2, 0.25) is 10.0 Å². The molecule has 0 saturated carbocycles. The van der Waals surface area contributed by atoms with Crippen molar-refractivity contribution in [2.75, 3.05) is 6.61 Å². The van der Waals surface area contributed by atoms with E-state index in [4.69, 9.17) is 27.9 Å². The summed E-state index contributed by atoms with van der Waals surface area (Å²) in [5.41, 5.74) is 2.74. The first-order chi connectivity index (χ1) is 16.0. The lowest BCUT2D eigenvalue weighted by atomic mass is 10.1. The molecule has 0 aliphatic carbocycles. The van der Waals surface area contributed by atoms with Gasteiger partial charge in [-0.25, -0.2) is 8.42 Å². The zero-order chi connectivity index (χ0) is 24.8. The van der Waals surface area contributed by atoms with Gasteiger partial charge in [0.2, 0.25) is 0 Å². The van der Waals surface area contributed by atoms with E-state index in [1.165, 1.54) is 12.1 Å². The predicted octanol–water partition coefficient (Wildman–Crippen LogP) is 4.76. The van der Waals surface area contributed by atoms with E-state index < -0.39 is 27.1 Å². The van der Waals surface area contributed by atoms with Crippen LogP contribution in [0.15, 0.2) is 41.3 Å². The number of hydrogen-bond donors (Lipinski definition) is 1. The van der Waals surface area contributed by atoms with Gasteiger partial charge >= 0.3 is 5.97 Å². The van der Waals surface area contributed by atoms with Crippen LogP contribution in [0.4, 0.5) is 0 Å². The third kappa shape index (κ3) is 4.30. The third-order valence-corrected chi connectivity index (χ3v) is 9.27. The number of fused-ring (bicyclic) bond motifs is 1. The number of esters is 1. The number of benzene rings is 2. The maximum atomic E-state index is 13.0. The Bertz CT molecular complexity index is 1400. The van der Waals surface area contributed by atoms with Gasteiger partial charge in [-0.1, -0.05) is 35.3 Å². The van der Waals surface area contributed by atoms with Gasteiger partial charge in [-0.2, -0.15) is 0 Å². The summed E-state index contributed by atoms with van der Waals surface area (Å²) in [7, 11) is -2.06. The van der Waals surface area contributed by atoms with Gasteiger partial charge in [-0.05, 0) is 62.1 Å². The maximum Gasteiger partial charge on any atom is 0.324 e. The zero-order valence-corrected chi connectivity index (χ0v) is 21.2. The van der Waals surface area contributed by atoms with Crippen LogP contribution in [-0.2, 0) is 26.4 Å². The Kier molecular flexibility index (Phi) is 6.68. The molecule has 10 heteroatoms. The molecule has 7 nitrogen and oxygen atoms in total. The second-order valence-electron chi connectivity index (χ2n) is 8.45. The molecular weight excluding hydrogens is 499 g/mol. The monoisotopic (exact) mass is 522 g/mol. The molecule has 2 heterocycles. The second-order valence-corrected chi connectivity index (χ2v) is 11.3. The molecule has 1 fully saturated rings. The molecule has 2 atom stereocenters. The van der Waals surface area contributed by atoms with Crippen molar-refractivity contribution < 1.29 is 22.7 Å². The largest absolute Gasteiger partial charge is 0.465 e. The fraction of sp³-hybridized carbons (Fsp3) is 0.333. The molecule has 0 radical (unpaired) electrons. The number of hydrogen-bond acceptors (Lipinski definition) is 5. The van der Waals surface area contributed by atoms with Crippen molar-refractivity contribution in [3.8, 4) is 0 Å². The van der Waals surface area contributed by atoms with Gasteiger partial charge in [-0.15, -0.1) is 0 Å². The van der Waals surface area contributed by atoms with Crippen molar-refractivity contribution in [3.05, 3.63) is 63.3 Å². The minimum atomic E-state index is -3.84. The number of nitrogens with one attached hydrogen (secondary N) is 1. The molecule has 1 amide bonds. The van der Waals surface area contributed by atoms with Crippen LogP contribution in [0.3, 0.4) is 0 Å². The summed E-state index contributed by atoms with van der Waals surface area (Å²) in [5, 5.41) is 3.30. The van der Waals surface area contributed by atoms with Crippen molar-refractivity contribution in [2.24, 2.45) is 7.05 Å². The molecule has 4 rings (SSSR count). The average molecular weight is 523 g/mol. The lowest BCUT2D eigenvalue weighted by molar-refractivity contribution is -0.146. The first-order valence-electron chi connectivity index (χ1n) is 10.8. The number of rotatable bonds is 5. The number of ether oxygens (including phenoxy) is 1. The zero-order valence-electron chi connectivity index (χ0n) is 18.9. The van der Waals surface area contributed by atoms with Crippen molar-refractivity contribution in [2.45, 2.75) is 42.9 Å². The SMILES string of the molecule is Cc1cc2c(cc(C(=O)N[C@H](C)c3ccc(S(=O)(=O)C4CCCOC4=O)cc3)n2C)c(Cl)c1Cl. The van der Waals surface area contributed by atoms with Gasteiger partial charge in [0.25, 0.3) is 5.91 Å². The van der Waals surface area contributed by atoms with Crippen LogP contribution in [-0.4, -0.2) is 36.7 Å². The molecule has 1 saturated heterocycles. The van der Waals surface area contributed by atoms with E-state index in [2.05, 4.69) is 5.32 Å². The Hall–Kier alpha value is -2.55. The van der Waals surface area contributed by atoms with Crippen LogP contribution in [0, 0.1) is 6.92 Å². The van der Waals surface area contributed by atoms with Crippen LogP contribution >= 0.6 is 23.2 Å². The van der Waals surface area contributed by atoms with Crippen LogP contribution in [0.5, 0.6) is 0 Å². The molecule has 0 bridgehead atoms. The average Bonchev–Trinajstić information content (AvgIpc) is 3.14. The summed E-state index contributed by atoms with van der Waals surface area (Å²) in [4.78, 5) is 25.0. The number of amides is 1. The minimum Gasteiger partial charge on any atom is -0.465 e. The Balaban J connectivity index is 1.54. The van der Waals surface area contributed by atoms with Crippen molar-refractivity contribution in [3.63, 3.8) is 0 Å². The molecular formula is C24H24Cl2N2O5S. The molecule has 1 aliphatic heterocycles. The van der Waals surface area contributed by atoms with E-state index in [1.54, 1.807) is 36.7 Å². The van der Waals surface area contributed by atoms with E-state index in [1.807, 2.05) is 13.0 Å². The fourth-order valence-electron chi connectivity index (χ4n) is 4.14. The summed E-state index contributed by atoms with van der Waals surface area (Å²) in [6.07, 6.45) is 0.761. The number of carbonyl (C=O) groups excluding carboxylic acids is 2. The van der Waals surface area contributed by atoms with Gasteiger partial charge in [0.1, 0.15) is 5.69 Å². The van der Waals surface area contributed by atoms with Crippen molar-refractivity contribution in [1.82, 2.24) is 9.88 Å². The molecule has 34 heavy (non-hydrogen) atoms. The number of carbonyl (C=O) groups is 2. The van der Waals surface area contributed by atoms with Crippen molar-refractivity contribution >= 4 is 55.8 Å². The Morgan fingerprint density at radius 2 is 1.85 bits per heavy atom. The van der Waals surface area contributed by atoms with Crippen LogP contribution in [0.1, 0.15) is 47.4 Å². The fourth-order valence-corrected chi connectivity index (χ4v) is 6.24. The van der Waals surface area contributed by atoms with Crippen molar-refractivity contribution in [1.29, 1.82) is 0 Å². The number of halogens is 2. The molecule has 1 unspecified atom stereocenters. The number of cyclic esters (lactones) is 1. The first kappa shape index (κ1) is 24.6. The molecule has 1 aromatic heterocycles. The van der Waals surface area contributed by atoms with Gasteiger partial charge in [0, 0.05) is 12.4 Å². The van der Waals surface area contributed by atoms with Gasteiger partial charge < -0.3 is 14.6 Å². The van der Waals surface area contributed by atoms with E-state index in [0.29, 0.717) is 33.1 Å². The summed E-state index contributed by atoms with van der Waals surface area (Å²) in [5.74, 6) is -1.01. The highest BCUT2D eigenvalue weighted by Crippen LogP contribution is 2.35. The third-order valence-electron chi connectivity index (χ3n) is 6.19. The predicted molar refractivity (Wildman–Crippen MR) is 131 cm³/mol. The summed E-state index contributed by atoms with van der Waals surface area (Å²) < 4.78 is 32.4. The second kappa shape index (κ2) is 9.24. The van der Waals surface area contributed by atoms with Gasteiger partial charge in [-0.3, -0.25) is 9.59 Å². The van der Waals surface area contributed by atoms with Crippen LogP contribution in [0.25, 0.3) is 10.9 Å². The lowest BCUT2D eigenvalue weighted by Crippen LogP contribution is -2.36. The highest BCUT2D eigenvalue weighted by molar-refractivity contribution is 7.92. The highest BCUT2D eigenvalue weighted by atomic mass is 35.5. The lowest BCUT2D eigenvalue weighted by Gasteiger charge is -2.21. The topological polar surface area (TPSA) is 94.5 Å². The summed E-state index contributed by atoms with van der Waals surface area (Å²) >= 11 is 12.6. The number of aryl methyl sites for hydroxylation is 2. The Morgan fingerprint density at radius 1 is 1.18 bits per heavy atom. The Labute approximate surface area is 207 Å². The van der Waals surface area contributed by atoms with E-state index in [9.17, 15) is 18.0 Å². The number of nitrogens with zero attached hydrogens (tertiary/aromatic N) is 1. The summed E-state index contributed by atoms with van der Waals surface area (Å²) in [6.45, 7) is 3.90. The van der Waals surface area contributed by atoms with E-state index >= 15 is 0 Å². The number of sulfone groups is 1. The van der Waals surface area contributed by atoms with E-state index in [-0.39, 0.29) is 23.8 Å². The summed E-state index contributed by atoms with van der Waals surface area (Å²) in [6, 6.07) is 9.35. The quantitative estimate of drug-likeness (QED) is 0.487. The van der Waals surface area contributed by atoms with Gasteiger partial charge in [0.05, 0.1) is 33.1 Å².